The lowest BCUT2D eigenvalue weighted by atomic mass is 10.1. The van der Waals surface area contributed by atoms with Gasteiger partial charge in [0, 0.05) is 0 Å². The lowest BCUT2D eigenvalue weighted by molar-refractivity contribution is 0.0601. The number of carbonyl (C=O) groups excluding carboxylic acids is 2. The van der Waals surface area contributed by atoms with Crippen molar-refractivity contribution in [2.45, 2.75) is 12.5 Å². The minimum atomic E-state index is -0.559. The van der Waals surface area contributed by atoms with E-state index in [0.29, 0.717) is 11.3 Å². The third-order valence-corrected chi connectivity index (χ3v) is 2.79. The number of hydrogen-bond acceptors (Lipinski definition) is 5. The highest BCUT2D eigenvalue weighted by Crippen LogP contribution is 2.26. The summed E-state index contributed by atoms with van der Waals surface area (Å²) in [5.74, 6) is -0.521. The predicted octanol–water partition coefficient (Wildman–Crippen LogP) is 1.71. The molecule has 19 heavy (non-hydrogen) atoms. The fourth-order valence-electron chi connectivity index (χ4n) is 1.92. The standard InChI is InChI=1S/C13H12N2O4/c1-18-12(16)10-4-2-3-5-11(10)15-8-9(6-7-14)19-13(15)17/h2-5,9H,6,8H2,1H3. The van der Waals surface area contributed by atoms with Gasteiger partial charge in [0.1, 0.15) is 6.10 Å². The molecule has 1 aromatic carbocycles. The first-order valence-corrected chi connectivity index (χ1v) is 5.69. The van der Waals surface area contributed by atoms with Gasteiger partial charge in [-0.15, -0.1) is 0 Å². The van der Waals surface area contributed by atoms with Gasteiger partial charge in [-0.3, -0.25) is 4.90 Å². The van der Waals surface area contributed by atoms with E-state index in [-0.39, 0.29) is 13.0 Å². The number of ether oxygens (including phenoxy) is 2. The van der Waals surface area contributed by atoms with Crippen molar-refractivity contribution >= 4 is 17.7 Å². The highest BCUT2D eigenvalue weighted by molar-refractivity contribution is 6.01. The normalized spacial score (nSPS) is 17.8. The summed E-state index contributed by atoms with van der Waals surface area (Å²) in [6.07, 6.45) is -0.900. The summed E-state index contributed by atoms with van der Waals surface area (Å²) in [5.41, 5.74) is 0.722. The molecule has 0 N–H and O–H groups in total. The highest BCUT2D eigenvalue weighted by Gasteiger charge is 2.34. The quantitative estimate of drug-likeness (QED) is 0.773. The molecule has 1 saturated heterocycles. The summed E-state index contributed by atoms with van der Waals surface area (Å²) in [5, 5.41) is 8.62. The van der Waals surface area contributed by atoms with Crippen LogP contribution in [0.3, 0.4) is 0 Å². The number of rotatable bonds is 3. The van der Waals surface area contributed by atoms with Gasteiger partial charge in [0.05, 0.1) is 37.4 Å². The van der Waals surface area contributed by atoms with Gasteiger partial charge in [-0.25, -0.2) is 9.59 Å². The molecular weight excluding hydrogens is 248 g/mol. The van der Waals surface area contributed by atoms with Crippen molar-refractivity contribution in [2.24, 2.45) is 0 Å². The fourth-order valence-corrected chi connectivity index (χ4v) is 1.92. The number of esters is 1. The van der Waals surface area contributed by atoms with Gasteiger partial charge in [0.25, 0.3) is 0 Å². The smallest absolute Gasteiger partial charge is 0.414 e. The van der Waals surface area contributed by atoms with Crippen LogP contribution in [-0.2, 0) is 9.47 Å². The summed E-state index contributed by atoms with van der Waals surface area (Å²) in [7, 11) is 1.28. The maximum Gasteiger partial charge on any atom is 0.414 e. The lowest BCUT2D eigenvalue weighted by Gasteiger charge is -2.15. The number of hydrogen-bond donors (Lipinski definition) is 0. The Morgan fingerprint density at radius 2 is 2.32 bits per heavy atom. The van der Waals surface area contributed by atoms with Gasteiger partial charge in [-0.05, 0) is 12.1 Å². The van der Waals surface area contributed by atoms with Gasteiger partial charge in [-0.2, -0.15) is 5.26 Å². The fraction of sp³-hybridized carbons (Fsp3) is 0.308. The number of nitriles is 1. The average molecular weight is 260 g/mol. The van der Waals surface area contributed by atoms with E-state index in [1.807, 2.05) is 6.07 Å². The second kappa shape index (κ2) is 5.40. The summed E-state index contributed by atoms with van der Waals surface area (Å²) in [6.45, 7) is 0.250. The Morgan fingerprint density at radius 1 is 1.58 bits per heavy atom. The summed E-state index contributed by atoms with van der Waals surface area (Å²) < 4.78 is 9.73. The Balaban J connectivity index is 2.30. The average Bonchev–Trinajstić information content (AvgIpc) is 2.79. The zero-order valence-corrected chi connectivity index (χ0v) is 10.3. The number of anilines is 1. The van der Waals surface area contributed by atoms with Gasteiger partial charge in [0.2, 0.25) is 0 Å². The largest absolute Gasteiger partial charge is 0.465 e. The zero-order valence-electron chi connectivity index (χ0n) is 10.3. The molecule has 1 fully saturated rings. The van der Waals surface area contributed by atoms with E-state index < -0.39 is 18.2 Å². The number of carbonyl (C=O) groups is 2. The summed E-state index contributed by atoms with van der Waals surface area (Å²) in [6, 6.07) is 8.57. The van der Waals surface area contributed by atoms with E-state index in [1.54, 1.807) is 24.3 Å². The van der Waals surface area contributed by atoms with Crippen molar-refractivity contribution in [1.29, 1.82) is 5.26 Å². The zero-order chi connectivity index (χ0) is 13.8. The Labute approximate surface area is 110 Å². The van der Waals surface area contributed by atoms with Crippen LogP contribution in [0.4, 0.5) is 10.5 Å². The van der Waals surface area contributed by atoms with Crippen LogP contribution in [0.5, 0.6) is 0 Å². The topological polar surface area (TPSA) is 79.6 Å². The molecule has 0 aromatic heterocycles. The number of cyclic esters (lactones) is 1. The molecule has 1 aromatic rings. The molecule has 2 rings (SSSR count). The number of benzene rings is 1. The third kappa shape index (κ3) is 2.50. The van der Waals surface area contributed by atoms with Crippen LogP contribution >= 0.6 is 0 Å². The first kappa shape index (κ1) is 12.9. The van der Waals surface area contributed by atoms with Crippen LogP contribution < -0.4 is 4.90 Å². The molecule has 0 saturated carbocycles. The number of para-hydroxylation sites is 1. The van der Waals surface area contributed by atoms with Gasteiger partial charge >= 0.3 is 12.1 Å². The SMILES string of the molecule is COC(=O)c1ccccc1N1CC(CC#N)OC1=O. The molecule has 0 radical (unpaired) electrons. The van der Waals surface area contributed by atoms with Crippen molar-refractivity contribution in [3.63, 3.8) is 0 Å². The molecule has 1 aliphatic heterocycles. The number of amides is 1. The minimum Gasteiger partial charge on any atom is -0.465 e. The Kier molecular flexibility index (Phi) is 3.66. The minimum absolute atomic E-state index is 0.128. The van der Waals surface area contributed by atoms with E-state index in [0.717, 1.165) is 0 Å². The molecule has 1 heterocycles. The molecule has 6 heteroatoms. The molecule has 0 spiro atoms. The molecule has 1 unspecified atom stereocenters. The van der Waals surface area contributed by atoms with Crippen molar-refractivity contribution in [1.82, 2.24) is 0 Å². The van der Waals surface area contributed by atoms with E-state index >= 15 is 0 Å². The lowest BCUT2D eigenvalue weighted by Crippen LogP contribution is -2.26. The van der Waals surface area contributed by atoms with Crippen LogP contribution in [0, 0.1) is 11.3 Å². The molecule has 0 aliphatic carbocycles. The summed E-state index contributed by atoms with van der Waals surface area (Å²) in [4.78, 5) is 24.8. The Bertz CT molecular complexity index is 550. The molecule has 6 nitrogen and oxygen atoms in total. The first-order chi connectivity index (χ1) is 9.17. The molecule has 1 amide bonds. The molecular formula is C13H12N2O4. The van der Waals surface area contributed by atoms with Crippen LogP contribution in [0.1, 0.15) is 16.8 Å². The van der Waals surface area contributed by atoms with Gasteiger partial charge < -0.3 is 9.47 Å². The number of methoxy groups -OCH3 is 1. The molecule has 1 atom stereocenters. The van der Waals surface area contributed by atoms with Crippen LogP contribution in [0.2, 0.25) is 0 Å². The van der Waals surface area contributed by atoms with Crippen LogP contribution in [0.15, 0.2) is 24.3 Å². The molecule has 1 aliphatic rings. The van der Waals surface area contributed by atoms with E-state index in [2.05, 4.69) is 4.74 Å². The number of nitrogens with zero attached hydrogens (tertiary/aromatic N) is 2. The van der Waals surface area contributed by atoms with Crippen LogP contribution in [0.25, 0.3) is 0 Å². The summed E-state index contributed by atoms with van der Waals surface area (Å²) >= 11 is 0. The van der Waals surface area contributed by atoms with Crippen molar-refractivity contribution < 1.29 is 19.1 Å². The first-order valence-electron chi connectivity index (χ1n) is 5.69. The van der Waals surface area contributed by atoms with E-state index in [4.69, 9.17) is 10.00 Å². The predicted molar refractivity (Wildman–Crippen MR) is 65.6 cm³/mol. The maximum absolute atomic E-state index is 11.8. The highest BCUT2D eigenvalue weighted by atomic mass is 16.6. The second-order valence-corrected chi connectivity index (χ2v) is 3.99. The Morgan fingerprint density at radius 3 is 3.00 bits per heavy atom. The monoisotopic (exact) mass is 260 g/mol. The molecule has 98 valence electrons. The van der Waals surface area contributed by atoms with E-state index in [1.165, 1.54) is 12.0 Å². The van der Waals surface area contributed by atoms with Crippen LogP contribution in [-0.4, -0.2) is 31.8 Å². The van der Waals surface area contributed by atoms with Gasteiger partial charge in [-0.1, -0.05) is 12.1 Å². The van der Waals surface area contributed by atoms with Crippen molar-refractivity contribution in [3.05, 3.63) is 29.8 Å². The van der Waals surface area contributed by atoms with Crippen molar-refractivity contribution in [2.75, 3.05) is 18.6 Å². The van der Waals surface area contributed by atoms with Gasteiger partial charge in [0.15, 0.2) is 0 Å². The Hall–Kier alpha value is -2.55. The maximum atomic E-state index is 11.8. The second-order valence-electron chi connectivity index (χ2n) is 3.99. The van der Waals surface area contributed by atoms with Crippen molar-refractivity contribution in [3.8, 4) is 6.07 Å². The van der Waals surface area contributed by atoms with E-state index in [9.17, 15) is 9.59 Å². The molecule has 0 bridgehead atoms. The third-order valence-electron chi connectivity index (χ3n) is 2.79.